The fraction of sp³-hybridized carbons (Fsp3) is 0.643. The molecule has 2 heterocycles. The molecule has 1 aliphatic heterocycles. The number of ether oxygens (including phenoxy) is 2. The van der Waals surface area contributed by atoms with Gasteiger partial charge in [-0.15, -0.1) is 0 Å². The lowest BCUT2D eigenvalue weighted by Crippen LogP contribution is -2.17. The third-order valence-electron chi connectivity index (χ3n) is 3.41. The average Bonchev–Trinajstić information content (AvgIpc) is 3.09. The molecular weight excluding hydrogens is 228 g/mol. The van der Waals surface area contributed by atoms with Crippen molar-refractivity contribution in [2.75, 3.05) is 13.2 Å². The van der Waals surface area contributed by atoms with Crippen LogP contribution in [0.4, 0.5) is 0 Å². The summed E-state index contributed by atoms with van der Waals surface area (Å²) in [5.41, 5.74) is 1.24. The van der Waals surface area contributed by atoms with Crippen LogP contribution in [0.15, 0.2) is 18.3 Å². The Bertz CT molecular complexity index is 387. The Morgan fingerprint density at radius 1 is 1.39 bits per heavy atom. The smallest absolute Gasteiger partial charge is 0.213 e. The summed E-state index contributed by atoms with van der Waals surface area (Å²) < 4.78 is 11.2. The molecule has 0 amide bonds. The molecule has 0 aromatic carbocycles. The molecule has 1 atom stereocenters. The van der Waals surface area contributed by atoms with Gasteiger partial charge in [0.05, 0.1) is 6.10 Å². The Labute approximate surface area is 108 Å². The summed E-state index contributed by atoms with van der Waals surface area (Å²) in [6.45, 7) is 2.39. The third-order valence-corrected chi connectivity index (χ3v) is 3.41. The van der Waals surface area contributed by atoms with E-state index in [2.05, 4.69) is 10.3 Å². The van der Waals surface area contributed by atoms with Gasteiger partial charge in [0.25, 0.3) is 0 Å². The van der Waals surface area contributed by atoms with Crippen LogP contribution in [-0.4, -0.2) is 30.3 Å². The molecule has 18 heavy (non-hydrogen) atoms. The SMILES string of the molecule is c1cc(CNC2CC2)cc(OCC2CCCO2)n1. The van der Waals surface area contributed by atoms with Gasteiger partial charge in [-0.2, -0.15) is 0 Å². The quantitative estimate of drug-likeness (QED) is 0.835. The lowest BCUT2D eigenvalue weighted by molar-refractivity contribution is 0.0663. The van der Waals surface area contributed by atoms with Crippen LogP contribution in [0.25, 0.3) is 0 Å². The highest BCUT2D eigenvalue weighted by molar-refractivity contribution is 5.20. The predicted octanol–water partition coefficient (Wildman–Crippen LogP) is 1.89. The van der Waals surface area contributed by atoms with Crippen molar-refractivity contribution in [2.24, 2.45) is 0 Å². The third kappa shape index (κ3) is 3.43. The summed E-state index contributed by atoms with van der Waals surface area (Å²) in [5.74, 6) is 0.709. The molecule has 1 aliphatic carbocycles. The average molecular weight is 248 g/mol. The fourth-order valence-corrected chi connectivity index (χ4v) is 2.14. The second-order valence-electron chi connectivity index (χ2n) is 5.10. The van der Waals surface area contributed by atoms with Gasteiger partial charge in [-0.1, -0.05) is 0 Å². The van der Waals surface area contributed by atoms with Crippen LogP contribution < -0.4 is 10.1 Å². The van der Waals surface area contributed by atoms with Crippen LogP contribution in [0, 0.1) is 0 Å². The largest absolute Gasteiger partial charge is 0.475 e. The number of pyridine rings is 1. The van der Waals surface area contributed by atoms with E-state index in [0.717, 1.165) is 32.0 Å². The van der Waals surface area contributed by atoms with Gasteiger partial charge in [0.1, 0.15) is 6.61 Å². The molecule has 98 valence electrons. The lowest BCUT2D eigenvalue weighted by atomic mass is 10.2. The van der Waals surface area contributed by atoms with Crippen LogP contribution in [0.5, 0.6) is 5.88 Å². The van der Waals surface area contributed by atoms with Crippen molar-refractivity contribution in [1.29, 1.82) is 0 Å². The van der Waals surface area contributed by atoms with E-state index in [9.17, 15) is 0 Å². The predicted molar refractivity (Wildman–Crippen MR) is 68.6 cm³/mol. The standard InChI is InChI=1S/C14H20N2O2/c1-2-13(17-7-1)10-18-14-8-11(5-6-15-14)9-16-12-3-4-12/h5-6,8,12-13,16H,1-4,7,9-10H2. The van der Waals surface area contributed by atoms with E-state index in [1.807, 2.05) is 18.3 Å². The zero-order valence-corrected chi connectivity index (χ0v) is 10.6. The van der Waals surface area contributed by atoms with Gasteiger partial charge in [0, 0.05) is 31.5 Å². The molecule has 1 aromatic heterocycles. The second-order valence-corrected chi connectivity index (χ2v) is 5.10. The molecule has 1 N–H and O–H groups in total. The first-order valence-electron chi connectivity index (χ1n) is 6.83. The molecular formula is C14H20N2O2. The molecule has 0 bridgehead atoms. The molecule has 1 saturated carbocycles. The molecule has 4 nitrogen and oxygen atoms in total. The monoisotopic (exact) mass is 248 g/mol. The van der Waals surface area contributed by atoms with E-state index < -0.39 is 0 Å². The molecule has 2 aliphatic rings. The highest BCUT2D eigenvalue weighted by atomic mass is 16.5. The number of hydrogen-bond acceptors (Lipinski definition) is 4. The Hall–Kier alpha value is -1.13. The highest BCUT2D eigenvalue weighted by Gasteiger charge is 2.20. The Morgan fingerprint density at radius 2 is 2.33 bits per heavy atom. The summed E-state index contributed by atoms with van der Waals surface area (Å²) in [7, 11) is 0. The van der Waals surface area contributed by atoms with Gasteiger partial charge in [0.15, 0.2) is 0 Å². The maximum Gasteiger partial charge on any atom is 0.213 e. The number of aromatic nitrogens is 1. The summed E-state index contributed by atoms with van der Waals surface area (Å²) >= 11 is 0. The summed E-state index contributed by atoms with van der Waals surface area (Å²) in [5, 5.41) is 3.49. The summed E-state index contributed by atoms with van der Waals surface area (Å²) in [6, 6.07) is 4.79. The summed E-state index contributed by atoms with van der Waals surface area (Å²) in [6.07, 6.45) is 6.94. The normalized spacial score (nSPS) is 23.2. The zero-order valence-electron chi connectivity index (χ0n) is 10.6. The van der Waals surface area contributed by atoms with Gasteiger partial charge in [-0.25, -0.2) is 4.98 Å². The fourth-order valence-electron chi connectivity index (χ4n) is 2.14. The van der Waals surface area contributed by atoms with Crippen molar-refractivity contribution in [1.82, 2.24) is 10.3 Å². The van der Waals surface area contributed by atoms with Gasteiger partial charge in [-0.3, -0.25) is 0 Å². The van der Waals surface area contributed by atoms with Crippen LogP contribution >= 0.6 is 0 Å². The van der Waals surface area contributed by atoms with Crippen molar-refractivity contribution in [3.05, 3.63) is 23.9 Å². The second kappa shape index (κ2) is 5.67. The molecule has 0 spiro atoms. The van der Waals surface area contributed by atoms with E-state index in [0.29, 0.717) is 12.5 Å². The minimum Gasteiger partial charge on any atom is -0.475 e. The molecule has 1 saturated heterocycles. The van der Waals surface area contributed by atoms with Gasteiger partial charge in [0.2, 0.25) is 5.88 Å². The minimum atomic E-state index is 0.250. The molecule has 2 fully saturated rings. The highest BCUT2D eigenvalue weighted by Crippen LogP contribution is 2.20. The molecule has 1 unspecified atom stereocenters. The van der Waals surface area contributed by atoms with Crippen LogP contribution in [0.3, 0.4) is 0 Å². The Kier molecular flexibility index (Phi) is 3.76. The van der Waals surface area contributed by atoms with E-state index in [4.69, 9.17) is 9.47 Å². The molecule has 3 rings (SSSR count). The van der Waals surface area contributed by atoms with Gasteiger partial charge in [-0.05, 0) is 37.3 Å². The zero-order chi connectivity index (χ0) is 12.2. The summed E-state index contributed by atoms with van der Waals surface area (Å²) in [4.78, 5) is 4.24. The van der Waals surface area contributed by atoms with Crippen molar-refractivity contribution in [3.63, 3.8) is 0 Å². The lowest BCUT2D eigenvalue weighted by Gasteiger charge is -2.11. The molecule has 0 radical (unpaired) electrons. The first-order chi connectivity index (χ1) is 8.90. The minimum absolute atomic E-state index is 0.250. The van der Waals surface area contributed by atoms with E-state index in [1.54, 1.807) is 0 Å². The topological polar surface area (TPSA) is 43.4 Å². The maximum absolute atomic E-state index is 5.69. The number of nitrogens with one attached hydrogen (secondary N) is 1. The Morgan fingerprint density at radius 3 is 3.11 bits per heavy atom. The van der Waals surface area contributed by atoms with E-state index in [-0.39, 0.29) is 6.10 Å². The van der Waals surface area contributed by atoms with Gasteiger partial charge >= 0.3 is 0 Å². The van der Waals surface area contributed by atoms with Crippen molar-refractivity contribution < 1.29 is 9.47 Å². The van der Waals surface area contributed by atoms with Crippen LogP contribution in [-0.2, 0) is 11.3 Å². The van der Waals surface area contributed by atoms with Crippen molar-refractivity contribution in [3.8, 4) is 5.88 Å². The number of rotatable bonds is 6. The van der Waals surface area contributed by atoms with E-state index in [1.165, 1.54) is 18.4 Å². The number of hydrogen-bond donors (Lipinski definition) is 1. The van der Waals surface area contributed by atoms with Crippen LogP contribution in [0.1, 0.15) is 31.2 Å². The first-order valence-corrected chi connectivity index (χ1v) is 6.83. The number of nitrogens with zero attached hydrogens (tertiary/aromatic N) is 1. The molecule has 4 heteroatoms. The van der Waals surface area contributed by atoms with Gasteiger partial charge < -0.3 is 14.8 Å². The maximum atomic E-state index is 5.69. The van der Waals surface area contributed by atoms with Crippen molar-refractivity contribution in [2.45, 2.75) is 44.4 Å². The van der Waals surface area contributed by atoms with E-state index >= 15 is 0 Å². The first kappa shape index (κ1) is 11.9. The van der Waals surface area contributed by atoms with Crippen molar-refractivity contribution >= 4 is 0 Å². The van der Waals surface area contributed by atoms with Crippen LogP contribution in [0.2, 0.25) is 0 Å². The Balaban J connectivity index is 1.49. The molecule has 1 aromatic rings.